The van der Waals surface area contributed by atoms with E-state index in [0.717, 1.165) is 116 Å². The second-order valence-corrected chi connectivity index (χ2v) is 13.5. The van der Waals surface area contributed by atoms with Crippen LogP contribution >= 0.6 is 0 Å². The van der Waals surface area contributed by atoms with Gasteiger partial charge in [-0.3, -0.25) is 14.4 Å². The number of allylic oxidation sites excluding steroid dienone is 18. The third kappa shape index (κ3) is 41.1. The minimum Gasteiger partial charge on any atom is -0.462 e. The number of unbranched alkanes of at least 4 members (excludes halogenated alkanes) is 7. The smallest absolute Gasteiger partial charge is 0.306 e. The molecule has 0 aliphatic heterocycles. The van der Waals surface area contributed by atoms with Crippen LogP contribution in [-0.4, -0.2) is 37.2 Å². The van der Waals surface area contributed by atoms with Crippen LogP contribution in [0.1, 0.15) is 162 Å². The normalized spacial score (nSPS) is 13.1. The first-order chi connectivity index (χ1) is 27.0. The fraction of sp³-hybridized carbons (Fsp3) is 0.571. The number of carbonyl (C=O) groups excluding carboxylic acids is 3. The second kappa shape index (κ2) is 42.8. The van der Waals surface area contributed by atoms with E-state index < -0.39 is 6.10 Å². The summed E-state index contributed by atoms with van der Waals surface area (Å²) in [6.45, 7) is 6.14. The van der Waals surface area contributed by atoms with E-state index in [1.807, 2.05) is 0 Å². The maximum Gasteiger partial charge on any atom is 0.306 e. The number of esters is 3. The lowest BCUT2D eigenvalue weighted by atomic mass is 10.1. The van der Waals surface area contributed by atoms with E-state index in [9.17, 15) is 14.4 Å². The molecule has 0 radical (unpaired) electrons. The van der Waals surface area contributed by atoms with Crippen LogP contribution in [0, 0.1) is 0 Å². The first-order valence-electron chi connectivity index (χ1n) is 21.4. The Balaban J connectivity index is 4.53. The number of ether oxygens (including phenoxy) is 3. The van der Waals surface area contributed by atoms with Crippen molar-refractivity contribution < 1.29 is 28.6 Å². The molecule has 0 aromatic heterocycles. The number of carbonyl (C=O) groups is 3. The molecule has 1 unspecified atom stereocenters. The topological polar surface area (TPSA) is 78.9 Å². The molecule has 308 valence electrons. The largest absolute Gasteiger partial charge is 0.462 e. The summed E-state index contributed by atoms with van der Waals surface area (Å²) in [6, 6.07) is 0. The van der Waals surface area contributed by atoms with Gasteiger partial charge in [0.2, 0.25) is 0 Å². The van der Waals surface area contributed by atoms with Crippen molar-refractivity contribution in [3.8, 4) is 0 Å². The molecule has 0 aromatic rings. The highest BCUT2D eigenvalue weighted by atomic mass is 16.6. The highest BCUT2D eigenvalue weighted by Crippen LogP contribution is 2.10. The zero-order valence-electron chi connectivity index (χ0n) is 34.9. The van der Waals surface area contributed by atoms with E-state index in [2.05, 4.69) is 130 Å². The van der Waals surface area contributed by atoms with Gasteiger partial charge in [-0.15, -0.1) is 0 Å². The number of hydrogen-bond donors (Lipinski definition) is 0. The molecule has 6 nitrogen and oxygen atoms in total. The first kappa shape index (κ1) is 51.1. The lowest BCUT2D eigenvalue weighted by Crippen LogP contribution is -2.30. The molecule has 6 heteroatoms. The Morgan fingerprint density at radius 3 is 1.02 bits per heavy atom. The third-order valence-electron chi connectivity index (χ3n) is 8.25. The molecule has 0 saturated heterocycles. The van der Waals surface area contributed by atoms with Gasteiger partial charge < -0.3 is 14.2 Å². The molecule has 0 amide bonds. The van der Waals surface area contributed by atoms with Gasteiger partial charge in [0, 0.05) is 19.3 Å². The summed E-state index contributed by atoms with van der Waals surface area (Å²) in [5, 5.41) is 0. The van der Waals surface area contributed by atoms with Crippen molar-refractivity contribution in [3.63, 3.8) is 0 Å². The Morgan fingerprint density at radius 2 is 0.655 bits per heavy atom. The molecule has 0 saturated carbocycles. The summed E-state index contributed by atoms with van der Waals surface area (Å²) in [4.78, 5) is 37.6. The monoisotopic (exact) mass is 761 g/mol. The van der Waals surface area contributed by atoms with E-state index >= 15 is 0 Å². The first-order valence-corrected chi connectivity index (χ1v) is 21.4. The van der Waals surface area contributed by atoms with E-state index in [4.69, 9.17) is 14.2 Å². The Morgan fingerprint density at radius 1 is 0.364 bits per heavy atom. The molecule has 0 N–H and O–H groups in total. The van der Waals surface area contributed by atoms with Gasteiger partial charge in [-0.25, -0.2) is 0 Å². The van der Waals surface area contributed by atoms with E-state index in [1.54, 1.807) is 0 Å². The zero-order chi connectivity index (χ0) is 40.1. The Hall–Kier alpha value is -3.93. The van der Waals surface area contributed by atoms with Crippen molar-refractivity contribution in [3.05, 3.63) is 109 Å². The summed E-state index contributed by atoms with van der Waals surface area (Å²) < 4.78 is 16.5. The summed E-state index contributed by atoms with van der Waals surface area (Å²) in [6.07, 6.45) is 56.6. The Labute approximate surface area is 336 Å². The molecule has 0 rings (SSSR count). The predicted octanol–water partition coefficient (Wildman–Crippen LogP) is 13.6. The van der Waals surface area contributed by atoms with E-state index in [-0.39, 0.29) is 37.5 Å². The summed E-state index contributed by atoms with van der Waals surface area (Å²) >= 11 is 0. The van der Waals surface area contributed by atoms with Crippen molar-refractivity contribution in [2.45, 2.75) is 168 Å². The molecular weight excluding hydrogens is 685 g/mol. The maximum atomic E-state index is 12.7. The SMILES string of the molecule is CC/C=C\C/C=C\C/C=C\C/C=C\CCCCCC(=O)OCC(COC(=O)CCCC/C=C\C/C=C\CC)OC(=O)CCCC/C=C\C/C=C\C/C=C\CC. The minimum atomic E-state index is -0.823. The van der Waals surface area contributed by atoms with Gasteiger partial charge in [0.1, 0.15) is 13.2 Å². The Bertz CT molecular complexity index is 1200. The molecule has 0 spiro atoms. The molecule has 0 aliphatic rings. The molecule has 0 aliphatic carbocycles. The van der Waals surface area contributed by atoms with Crippen molar-refractivity contribution in [1.29, 1.82) is 0 Å². The quantitative estimate of drug-likeness (QED) is 0.0274. The van der Waals surface area contributed by atoms with Crippen LogP contribution in [0.5, 0.6) is 0 Å². The van der Waals surface area contributed by atoms with Crippen LogP contribution in [0.2, 0.25) is 0 Å². The fourth-order valence-corrected chi connectivity index (χ4v) is 5.13. The second-order valence-electron chi connectivity index (χ2n) is 13.5. The van der Waals surface area contributed by atoms with Gasteiger partial charge in [0.15, 0.2) is 6.10 Å². The maximum absolute atomic E-state index is 12.7. The van der Waals surface area contributed by atoms with Crippen molar-refractivity contribution in [2.24, 2.45) is 0 Å². The van der Waals surface area contributed by atoms with Gasteiger partial charge in [-0.05, 0) is 116 Å². The average molecular weight is 761 g/mol. The van der Waals surface area contributed by atoms with Crippen molar-refractivity contribution in [1.82, 2.24) is 0 Å². The van der Waals surface area contributed by atoms with Crippen LogP contribution in [0.25, 0.3) is 0 Å². The molecule has 1 atom stereocenters. The average Bonchev–Trinajstić information content (AvgIpc) is 3.18. The van der Waals surface area contributed by atoms with Gasteiger partial charge in [-0.2, -0.15) is 0 Å². The fourth-order valence-electron chi connectivity index (χ4n) is 5.13. The molecule has 55 heavy (non-hydrogen) atoms. The third-order valence-corrected chi connectivity index (χ3v) is 8.25. The number of hydrogen-bond acceptors (Lipinski definition) is 6. The van der Waals surface area contributed by atoms with E-state index in [1.165, 1.54) is 0 Å². The lowest BCUT2D eigenvalue weighted by Gasteiger charge is -2.18. The summed E-state index contributed by atoms with van der Waals surface area (Å²) in [5.74, 6) is -1.05. The van der Waals surface area contributed by atoms with Gasteiger partial charge in [-0.1, -0.05) is 137 Å². The molecule has 0 heterocycles. The van der Waals surface area contributed by atoms with Crippen LogP contribution in [0.15, 0.2) is 109 Å². The highest BCUT2D eigenvalue weighted by molar-refractivity contribution is 5.71. The van der Waals surface area contributed by atoms with Crippen LogP contribution in [0.3, 0.4) is 0 Å². The van der Waals surface area contributed by atoms with Gasteiger partial charge >= 0.3 is 17.9 Å². The minimum absolute atomic E-state index is 0.123. The van der Waals surface area contributed by atoms with Crippen molar-refractivity contribution >= 4 is 17.9 Å². The van der Waals surface area contributed by atoms with Crippen molar-refractivity contribution in [2.75, 3.05) is 13.2 Å². The Kier molecular flexibility index (Phi) is 39.7. The molecule has 0 bridgehead atoms. The summed E-state index contributed by atoms with van der Waals surface area (Å²) in [5.41, 5.74) is 0. The number of rotatable bonds is 36. The van der Waals surface area contributed by atoms with Gasteiger partial charge in [0.25, 0.3) is 0 Å². The zero-order valence-corrected chi connectivity index (χ0v) is 34.9. The molecule has 0 aromatic carbocycles. The lowest BCUT2D eigenvalue weighted by molar-refractivity contribution is -0.167. The predicted molar refractivity (Wildman–Crippen MR) is 233 cm³/mol. The van der Waals surface area contributed by atoms with Crippen LogP contribution in [-0.2, 0) is 28.6 Å². The van der Waals surface area contributed by atoms with Crippen LogP contribution < -0.4 is 0 Å². The van der Waals surface area contributed by atoms with E-state index in [0.29, 0.717) is 19.3 Å². The van der Waals surface area contributed by atoms with Crippen LogP contribution in [0.4, 0.5) is 0 Å². The highest BCUT2D eigenvalue weighted by Gasteiger charge is 2.19. The van der Waals surface area contributed by atoms with Gasteiger partial charge in [0.05, 0.1) is 0 Å². The molecule has 0 fully saturated rings. The molecular formula is C49H76O6. The summed E-state index contributed by atoms with van der Waals surface area (Å²) in [7, 11) is 0. The standard InChI is InChI=1S/C49H76O6/c1-4-7-10-13-16-19-21-23-24-25-26-28-30-33-36-39-42-48(51)54-45-46(44-53-47(50)41-38-35-32-29-18-15-12-9-6-3)55-49(52)43-40-37-34-31-27-22-20-17-14-11-8-5-2/h7-12,16-20,23-24,26-29,31,46H,4-6,13-15,21-22,25,30,32-45H2,1-3H3/b10-7-,11-8-,12-9-,19-16-,20-17-,24-23-,28-26-,29-18-,31-27-.